The van der Waals surface area contributed by atoms with Gasteiger partial charge in [-0.05, 0) is 14.0 Å². The number of likely N-dealkylation sites (N-methyl/N-ethyl adjacent to an activating group) is 1. The molecule has 0 fully saturated rings. The fourth-order valence-electron chi connectivity index (χ4n) is 1.35. The molecule has 1 aromatic heterocycles. The SMILES string of the molecule is CNCC(C)c1nc(C)c(C(C)=O)s1. The molecule has 78 valence electrons. The number of rotatable bonds is 4. The zero-order valence-electron chi connectivity index (χ0n) is 9.05. The van der Waals surface area contributed by atoms with Crippen molar-refractivity contribution >= 4 is 17.1 Å². The molecule has 0 aliphatic carbocycles. The van der Waals surface area contributed by atoms with Crippen molar-refractivity contribution in [1.29, 1.82) is 0 Å². The summed E-state index contributed by atoms with van der Waals surface area (Å²) < 4.78 is 0. The highest BCUT2D eigenvalue weighted by molar-refractivity contribution is 7.13. The van der Waals surface area contributed by atoms with Crippen LogP contribution in [0.5, 0.6) is 0 Å². The Kier molecular flexibility index (Phi) is 3.77. The minimum Gasteiger partial charge on any atom is -0.319 e. The molecule has 0 saturated heterocycles. The van der Waals surface area contributed by atoms with Crippen LogP contribution in [0.1, 0.15) is 40.1 Å². The van der Waals surface area contributed by atoms with Gasteiger partial charge in [-0.2, -0.15) is 0 Å². The standard InChI is InChI=1S/C10H16N2OS/c1-6(5-11-4)10-12-7(2)9(14-10)8(3)13/h6,11H,5H2,1-4H3. The summed E-state index contributed by atoms with van der Waals surface area (Å²) in [7, 11) is 1.92. The lowest BCUT2D eigenvalue weighted by Crippen LogP contribution is -2.14. The number of hydrogen-bond acceptors (Lipinski definition) is 4. The summed E-state index contributed by atoms with van der Waals surface area (Å²) in [5.74, 6) is 0.486. The lowest BCUT2D eigenvalue weighted by atomic mass is 10.2. The van der Waals surface area contributed by atoms with Crippen LogP contribution in [-0.4, -0.2) is 24.4 Å². The second-order valence-electron chi connectivity index (χ2n) is 3.48. The molecule has 0 saturated carbocycles. The maximum absolute atomic E-state index is 11.2. The lowest BCUT2D eigenvalue weighted by Gasteiger charge is -2.05. The van der Waals surface area contributed by atoms with Crippen LogP contribution in [0.2, 0.25) is 0 Å². The van der Waals surface area contributed by atoms with Crippen molar-refractivity contribution in [3.8, 4) is 0 Å². The number of aryl methyl sites for hydroxylation is 1. The van der Waals surface area contributed by atoms with E-state index in [0.717, 1.165) is 22.1 Å². The van der Waals surface area contributed by atoms with E-state index in [1.165, 1.54) is 11.3 Å². The van der Waals surface area contributed by atoms with Gasteiger partial charge < -0.3 is 5.32 Å². The van der Waals surface area contributed by atoms with Crippen molar-refractivity contribution in [2.45, 2.75) is 26.7 Å². The quantitative estimate of drug-likeness (QED) is 0.776. The third-order valence-corrected chi connectivity index (χ3v) is 3.55. The summed E-state index contributed by atoms with van der Waals surface area (Å²) in [4.78, 5) is 16.4. The van der Waals surface area contributed by atoms with E-state index in [9.17, 15) is 4.79 Å². The first-order valence-electron chi connectivity index (χ1n) is 4.69. The summed E-state index contributed by atoms with van der Waals surface area (Å²) in [6.07, 6.45) is 0. The third kappa shape index (κ3) is 2.39. The highest BCUT2D eigenvalue weighted by Crippen LogP contribution is 2.24. The summed E-state index contributed by atoms with van der Waals surface area (Å²) in [6, 6.07) is 0. The molecular formula is C10H16N2OS. The number of aromatic nitrogens is 1. The first-order chi connectivity index (χ1) is 6.56. The van der Waals surface area contributed by atoms with Gasteiger partial charge in [-0.3, -0.25) is 4.79 Å². The number of hydrogen-bond donors (Lipinski definition) is 1. The molecule has 0 aliphatic heterocycles. The van der Waals surface area contributed by atoms with Gasteiger partial charge in [0.05, 0.1) is 15.6 Å². The van der Waals surface area contributed by atoms with Gasteiger partial charge in [0.25, 0.3) is 0 Å². The predicted molar refractivity (Wildman–Crippen MR) is 59.2 cm³/mol. The summed E-state index contributed by atoms with van der Waals surface area (Å²) in [5, 5.41) is 4.15. The van der Waals surface area contributed by atoms with E-state index in [1.54, 1.807) is 6.92 Å². The Bertz CT molecular complexity index is 333. The lowest BCUT2D eigenvalue weighted by molar-refractivity contribution is 0.102. The molecule has 1 heterocycles. The molecule has 0 aromatic carbocycles. The number of thiazole rings is 1. The van der Waals surface area contributed by atoms with E-state index in [1.807, 2.05) is 14.0 Å². The van der Waals surface area contributed by atoms with E-state index in [-0.39, 0.29) is 5.78 Å². The van der Waals surface area contributed by atoms with E-state index in [4.69, 9.17) is 0 Å². The van der Waals surface area contributed by atoms with E-state index in [2.05, 4.69) is 17.2 Å². The molecule has 1 atom stereocenters. The average Bonchev–Trinajstić information content (AvgIpc) is 2.48. The maximum atomic E-state index is 11.2. The number of nitrogens with zero attached hydrogens (tertiary/aromatic N) is 1. The van der Waals surface area contributed by atoms with Gasteiger partial charge in [0.1, 0.15) is 0 Å². The molecule has 0 aliphatic rings. The van der Waals surface area contributed by atoms with Crippen LogP contribution in [0.4, 0.5) is 0 Å². The van der Waals surface area contributed by atoms with Crippen LogP contribution in [-0.2, 0) is 0 Å². The molecule has 3 nitrogen and oxygen atoms in total. The topological polar surface area (TPSA) is 42.0 Å². The van der Waals surface area contributed by atoms with Crippen LogP contribution < -0.4 is 5.32 Å². The fraction of sp³-hybridized carbons (Fsp3) is 0.600. The molecule has 1 rings (SSSR count). The van der Waals surface area contributed by atoms with E-state index < -0.39 is 0 Å². The van der Waals surface area contributed by atoms with Crippen LogP contribution in [0, 0.1) is 6.92 Å². The predicted octanol–water partition coefficient (Wildman–Crippen LogP) is 1.98. The number of Topliss-reactive ketones (excluding diaryl/α,β-unsaturated/α-hetero) is 1. The molecule has 0 spiro atoms. The van der Waals surface area contributed by atoms with Gasteiger partial charge in [-0.25, -0.2) is 4.98 Å². The van der Waals surface area contributed by atoms with Crippen molar-refractivity contribution in [2.24, 2.45) is 0 Å². The minimum absolute atomic E-state index is 0.114. The van der Waals surface area contributed by atoms with Gasteiger partial charge in [0.15, 0.2) is 5.78 Å². The number of ketones is 1. The number of carbonyl (C=O) groups is 1. The van der Waals surface area contributed by atoms with Crippen molar-refractivity contribution < 1.29 is 4.79 Å². The largest absolute Gasteiger partial charge is 0.319 e. The van der Waals surface area contributed by atoms with Crippen LogP contribution in [0.25, 0.3) is 0 Å². The summed E-state index contributed by atoms with van der Waals surface area (Å²) in [6.45, 7) is 6.48. The van der Waals surface area contributed by atoms with Crippen LogP contribution >= 0.6 is 11.3 Å². The van der Waals surface area contributed by atoms with E-state index in [0.29, 0.717) is 5.92 Å². The summed E-state index contributed by atoms with van der Waals surface area (Å²) >= 11 is 1.51. The molecular weight excluding hydrogens is 196 g/mol. The molecule has 0 amide bonds. The number of carbonyl (C=O) groups excluding carboxylic acids is 1. The van der Waals surface area contributed by atoms with Gasteiger partial charge >= 0.3 is 0 Å². The molecule has 14 heavy (non-hydrogen) atoms. The molecule has 1 N–H and O–H groups in total. The Morgan fingerprint density at radius 1 is 1.64 bits per heavy atom. The third-order valence-electron chi connectivity index (χ3n) is 2.06. The Morgan fingerprint density at radius 2 is 2.29 bits per heavy atom. The Labute approximate surface area is 88.6 Å². The highest BCUT2D eigenvalue weighted by atomic mass is 32.1. The Balaban J connectivity index is 2.90. The van der Waals surface area contributed by atoms with Crippen molar-refractivity contribution in [1.82, 2.24) is 10.3 Å². The molecule has 1 unspecified atom stereocenters. The molecule has 1 aromatic rings. The fourth-order valence-corrected chi connectivity index (χ4v) is 2.36. The zero-order chi connectivity index (χ0) is 10.7. The van der Waals surface area contributed by atoms with Crippen molar-refractivity contribution in [3.63, 3.8) is 0 Å². The Hall–Kier alpha value is -0.740. The van der Waals surface area contributed by atoms with Gasteiger partial charge in [-0.1, -0.05) is 6.92 Å². The maximum Gasteiger partial charge on any atom is 0.171 e. The summed E-state index contributed by atoms with van der Waals surface area (Å²) in [5.41, 5.74) is 0.862. The zero-order valence-corrected chi connectivity index (χ0v) is 9.86. The smallest absolute Gasteiger partial charge is 0.171 e. The second-order valence-corrected chi connectivity index (χ2v) is 4.51. The molecule has 0 radical (unpaired) electrons. The monoisotopic (exact) mass is 212 g/mol. The molecule has 0 bridgehead atoms. The first kappa shape index (κ1) is 11.3. The van der Waals surface area contributed by atoms with Gasteiger partial charge in [0.2, 0.25) is 0 Å². The normalized spacial score (nSPS) is 12.9. The first-order valence-corrected chi connectivity index (χ1v) is 5.50. The Morgan fingerprint density at radius 3 is 2.71 bits per heavy atom. The average molecular weight is 212 g/mol. The second kappa shape index (κ2) is 4.66. The minimum atomic E-state index is 0.114. The van der Waals surface area contributed by atoms with Crippen LogP contribution in [0.3, 0.4) is 0 Å². The van der Waals surface area contributed by atoms with Gasteiger partial charge in [-0.15, -0.1) is 11.3 Å². The van der Waals surface area contributed by atoms with Gasteiger partial charge in [0, 0.05) is 19.4 Å². The van der Waals surface area contributed by atoms with Crippen LogP contribution in [0.15, 0.2) is 0 Å². The highest BCUT2D eigenvalue weighted by Gasteiger charge is 2.15. The van der Waals surface area contributed by atoms with Crippen molar-refractivity contribution in [2.75, 3.05) is 13.6 Å². The van der Waals surface area contributed by atoms with Crippen molar-refractivity contribution in [3.05, 3.63) is 15.6 Å². The van der Waals surface area contributed by atoms with E-state index >= 15 is 0 Å². The molecule has 4 heteroatoms. The number of nitrogens with one attached hydrogen (secondary N) is 1.